The molecule has 2 nitrogen and oxygen atoms in total. The van der Waals surface area contributed by atoms with Crippen molar-refractivity contribution in [2.24, 2.45) is 0 Å². The molecule has 4 heteroatoms. The molecule has 0 aliphatic carbocycles. The van der Waals surface area contributed by atoms with Crippen LogP contribution in [0, 0.1) is 18.6 Å². The van der Waals surface area contributed by atoms with Crippen LogP contribution in [0.15, 0.2) is 36.7 Å². The Bertz CT molecular complexity index is 570. The first-order valence-corrected chi connectivity index (χ1v) is 6.23. The first-order valence-electron chi connectivity index (χ1n) is 6.23. The summed E-state index contributed by atoms with van der Waals surface area (Å²) in [5.74, 6) is -1.64. The molecule has 0 fully saturated rings. The van der Waals surface area contributed by atoms with Crippen LogP contribution >= 0.6 is 0 Å². The van der Waals surface area contributed by atoms with Gasteiger partial charge in [0.1, 0.15) is 0 Å². The smallest absolute Gasteiger partial charge is 0.163 e. The molecule has 1 atom stereocenters. The monoisotopic (exact) mass is 262 g/mol. The minimum Gasteiger partial charge on any atom is -0.306 e. The lowest BCUT2D eigenvalue weighted by molar-refractivity contribution is 0.482. The van der Waals surface area contributed by atoms with Crippen LogP contribution in [-0.2, 0) is 0 Å². The van der Waals surface area contributed by atoms with Crippen LogP contribution in [0.1, 0.15) is 29.7 Å². The van der Waals surface area contributed by atoms with Crippen LogP contribution in [0.2, 0.25) is 0 Å². The Morgan fingerprint density at radius 2 is 2.00 bits per heavy atom. The fourth-order valence-corrected chi connectivity index (χ4v) is 2.11. The molecular formula is C15H16F2N2. The Kier molecular flexibility index (Phi) is 4.22. The molecule has 0 spiro atoms. The van der Waals surface area contributed by atoms with Crippen molar-refractivity contribution in [3.05, 3.63) is 65.0 Å². The van der Waals surface area contributed by atoms with Crippen molar-refractivity contribution in [3.8, 4) is 0 Å². The maximum absolute atomic E-state index is 14.0. The molecule has 1 aromatic carbocycles. The highest BCUT2D eigenvalue weighted by atomic mass is 19.2. The molecule has 0 saturated carbocycles. The zero-order valence-electron chi connectivity index (χ0n) is 11.0. The number of aromatic nitrogens is 1. The third-order valence-corrected chi connectivity index (χ3v) is 3.09. The molecular weight excluding hydrogens is 246 g/mol. The maximum atomic E-state index is 14.0. The minimum absolute atomic E-state index is 0.304. The molecule has 0 amide bonds. The van der Waals surface area contributed by atoms with E-state index in [2.05, 4.69) is 10.3 Å². The molecule has 19 heavy (non-hydrogen) atoms. The Balaban J connectivity index is 2.52. The Labute approximate surface area is 111 Å². The number of rotatable bonds is 4. The van der Waals surface area contributed by atoms with Gasteiger partial charge in [0, 0.05) is 18.0 Å². The number of nitrogens with zero attached hydrogens (tertiary/aromatic N) is 1. The van der Waals surface area contributed by atoms with Gasteiger partial charge >= 0.3 is 0 Å². The van der Waals surface area contributed by atoms with E-state index in [9.17, 15) is 8.78 Å². The van der Waals surface area contributed by atoms with Gasteiger partial charge in [-0.3, -0.25) is 4.98 Å². The lowest BCUT2D eigenvalue weighted by atomic mass is 9.96. The Morgan fingerprint density at radius 1 is 1.21 bits per heavy atom. The predicted molar refractivity (Wildman–Crippen MR) is 70.9 cm³/mol. The quantitative estimate of drug-likeness (QED) is 0.913. The molecule has 0 aliphatic heterocycles. The van der Waals surface area contributed by atoms with Crippen LogP contribution in [0.5, 0.6) is 0 Å². The molecule has 0 saturated heterocycles. The van der Waals surface area contributed by atoms with Gasteiger partial charge in [-0.05, 0) is 36.7 Å². The highest BCUT2D eigenvalue weighted by Gasteiger charge is 2.20. The molecule has 1 heterocycles. The number of aryl methyl sites for hydroxylation is 1. The highest BCUT2D eigenvalue weighted by molar-refractivity contribution is 5.35. The first-order chi connectivity index (χ1) is 9.15. The SMILES string of the molecule is CCNC(c1cnccc1C)c1cccc(F)c1F. The fourth-order valence-electron chi connectivity index (χ4n) is 2.11. The summed E-state index contributed by atoms with van der Waals surface area (Å²) in [4.78, 5) is 4.07. The molecule has 1 unspecified atom stereocenters. The van der Waals surface area contributed by atoms with Crippen LogP contribution in [0.4, 0.5) is 8.78 Å². The summed E-state index contributed by atoms with van der Waals surface area (Å²) in [5, 5.41) is 3.18. The standard InChI is InChI=1S/C15H16F2N2/c1-3-19-15(12-9-18-8-7-10(12)2)11-5-4-6-13(16)14(11)17/h4-9,15,19H,3H2,1-2H3. The second-order valence-electron chi connectivity index (χ2n) is 4.37. The Hall–Kier alpha value is -1.81. The number of pyridine rings is 1. The van der Waals surface area contributed by atoms with Crippen LogP contribution in [-0.4, -0.2) is 11.5 Å². The summed E-state index contributed by atoms with van der Waals surface area (Å²) >= 11 is 0. The van der Waals surface area contributed by atoms with E-state index in [0.29, 0.717) is 12.1 Å². The summed E-state index contributed by atoms with van der Waals surface area (Å²) < 4.78 is 27.3. The van der Waals surface area contributed by atoms with Gasteiger partial charge in [-0.2, -0.15) is 0 Å². The molecule has 0 radical (unpaired) electrons. The van der Waals surface area contributed by atoms with Gasteiger partial charge in [-0.15, -0.1) is 0 Å². The summed E-state index contributed by atoms with van der Waals surface area (Å²) in [6, 6.07) is 5.70. The average Bonchev–Trinajstić information content (AvgIpc) is 2.41. The largest absolute Gasteiger partial charge is 0.306 e. The van der Waals surface area contributed by atoms with Crippen molar-refractivity contribution in [3.63, 3.8) is 0 Å². The first kappa shape index (κ1) is 13.6. The fraction of sp³-hybridized carbons (Fsp3) is 0.267. The summed E-state index contributed by atoms with van der Waals surface area (Å²) in [6.07, 6.45) is 3.37. The maximum Gasteiger partial charge on any atom is 0.163 e. The zero-order chi connectivity index (χ0) is 13.8. The van der Waals surface area contributed by atoms with Gasteiger partial charge in [0.05, 0.1) is 6.04 Å². The van der Waals surface area contributed by atoms with Crippen LogP contribution in [0.3, 0.4) is 0 Å². The molecule has 1 N–H and O–H groups in total. The summed E-state index contributed by atoms with van der Waals surface area (Å²) in [7, 11) is 0. The van der Waals surface area contributed by atoms with E-state index in [4.69, 9.17) is 0 Å². The van der Waals surface area contributed by atoms with Gasteiger partial charge in [0.25, 0.3) is 0 Å². The second kappa shape index (κ2) is 5.89. The summed E-state index contributed by atoms with van der Waals surface area (Å²) in [6.45, 7) is 4.50. The van der Waals surface area contributed by atoms with E-state index in [1.807, 2.05) is 19.9 Å². The van der Waals surface area contributed by atoms with Crippen molar-refractivity contribution in [2.45, 2.75) is 19.9 Å². The normalized spacial score (nSPS) is 12.4. The lowest BCUT2D eigenvalue weighted by Gasteiger charge is -2.21. The molecule has 0 aliphatic rings. The molecule has 100 valence electrons. The molecule has 0 bridgehead atoms. The number of halogens is 2. The van der Waals surface area contributed by atoms with Crippen molar-refractivity contribution < 1.29 is 8.78 Å². The highest BCUT2D eigenvalue weighted by Crippen LogP contribution is 2.27. The van der Waals surface area contributed by atoms with E-state index < -0.39 is 17.7 Å². The lowest BCUT2D eigenvalue weighted by Crippen LogP contribution is -2.24. The van der Waals surface area contributed by atoms with E-state index in [1.54, 1.807) is 18.5 Å². The van der Waals surface area contributed by atoms with Crippen molar-refractivity contribution in [1.29, 1.82) is 0 Å². The summed E-state index contributed by atoms with van der Waals surface area (Å²) in [5.41, 5.74) is 2.15. The van der Waals surface area contributed by atoms with Crippen LogP contribution in [0.25, 0.3) is 0 Å². The molecule has 2 aromatic rings. The minimum atomic E-state index is -0.832. The third-order valence-electron chi connectivity index (χ3n) is 3.09. The van der Waals surface area contributed by atoms with Gasteiger partial charge in [-0.25, -0.2) is 8.78 Å². The second-order valence-corrected chi connectivity index (χ2v) is 4.37. The van der Waals surface area contributed by atoms with E-state index >= 15 is 0 Å². The van der Waals surface area contributed by atoms with E-state index in [0.717, 1.165) is 17.2 Å². The number of nitrogens with one attached hydrogen (secondary N) is 1. The molecule has 1 aromatic heterocycles. The predicted octanol–water partition coefficient (Wildman–Crippen LogP) is 3.37. The van der Waals surface area contributed by atoms with Gasteiger partial charge < -0.3 is 5.32 Å². The third kappa shape index (κ3) is 2.79. The van der Waals surface area contributed by atoms with Crippen LogP contribution < -0.4 is 5.32 Å². The Morgan fingerprint density at radius 3 is 2.68 bits per heavy atom. The number of hydrogen-bond donors (Lipinski definition) is 1. The zero-order valence-corrected chi connectivity index (χ0v) is 11.0. The van der Waals surface area contributed by atoms with Gasteiger partial charge in [0.15, 0.2) is 11.6 Å². The number of benzene rings is 1. The van der Waals surface area contributed by atoms with E-state index in [1.165, 1.54) is 6.07 Å². The van der Waals surface area contributed by atoms with Gasteiger partial charge in [0.2, 0.25) is 0 Å². The van der Waals surface area contributed by atoms with Crippen molar-refractivity contribution >= 4 is 0 Å². The average molecular weight is 262 g/mol. The van der Waals surface area contributed by atoms with E-state index in [-0.39, 0.29) is 0 Å². The molecule has 2 rings (SSSR count). The topological polar surface area (TPSA) is 24.9 Å². The van der Waals surface area contributed by atoms with Crippen molar-refractivity contribution in [1.82, 2.24) is 10.3 Å². The number of hydrogen-bond acceptors (Lipinski definition) is 2. The van der Waals surface area contributed by atoms with Crippen molar-refractivity contribution in [2.75, 3.05) is 6.54 Å². The van der Waals surface area contributed by atoms with Gasteiger partial charge in [-0.1, -0.05) is 19.1 Å².